The van der Waals surface area contributed by atoms with Gasteiger partial charge in [0.25, 0.3) is 0 Å². The predicted octanol–water partition coefficient (Wildman–Crippen LogP) is 4.03. The number of aromatic nitrogens is 1. The van der Waals surface area contributed by atoms with E-state index in [-0.39, 0.29) is 12.4 Å². The van der Waals surface area contributed by atoms with E-state index in [2.05, 4.69) is 36.2 Å². The molecule has 0 bridgehead atoms. The average molecular weight is 307 g/mol. The normalized spacial score (nSPS) is 10.5. The first kappa shape index (κ1) is 15.1. The second-order valence-electron chi connectivity index (χ2n) is 4.08. The van der Waals surface area contributed by atoms with E-state index < -0.39 is 0 Å². The molecule has 0 saturated heterocycles. The molecule has 0 N–H and O–H groups in total. The van der Waals surface area contributed by atoms with E-state index >= 15 is 0 Å². The highest BCUT2D eigenvalue weighted by molar-refractivity contribution is 7.99. The van der Waals surface area contributed by atoms with Crippen molar-refractivity contribution < 1.29 is 9.53 Å². The molecule has 0 aliphatic carbocycles. The molecule has 2 rings (SSSR count). The second-order valence-corrected chi connectivity index (χ2v) is 6.28. The summed E-state index contributed by atoms with van der Waals surface area (Å²) in [5, 5.41) is 2.86. The highest BCUT2D eigenvalue weighted by atomic mass is 32.2. The second kappa shape index (κ2) is 7.45. The molecular weight excluding hydrogens is 290 g/mol. The van der Waals surface area contributed by atoms with Gasteiger partial charge in [0.1, 0.15) is 5.01 Å². The minimum atomic E-state index is -0.223. The van der Waals surface area contributed by atoms with Gasteiger partial charge in [-0.1, -0.05) is 19.1 Å². The molecule has 0 amide bonds. The first-order chi connectivity index (χ1) is 9.72. The molecular formula is C15H17NO2S2. The number of carbonyl (C=O) groups is 1. The van der Waals surface area contributed by atoms with E-state index in [9.17, 15) is 4.79 Å². The van der Waals surface area contributed by atoms with Crippen molar-refractivity contribution in [2.24, 2.45) is 0 Å². The van der Waals surface area contributed by atoms with Gasteiger partial charge in [-0.25, -0.2) is 4.98 Å². The van der Waals surface area contributed by atoms with Gasteiger partial charge >= 0.3 is 5.97 Å². The number of benzene rings is 1. The zero-order valence-corrected chi connectivity index (χ0v) is 13.2. The molecule has 0 fully saturated rings. The summed E-state index contributed by atoms with van der Waals surface area (Å²) in [5.41, 5.74) is 1.86. The number of ether oxygens (including phenoxy) is 1. The molecule has 106 valence electrons. The molecule has 1 aromatic carbocycles. The van der Waals surface area contributed by atoms with Gasteiger partial charge in [-0.15, -0.1) is 23.1 Å². The summed E-state index contributed by atoms with van der Waals surface area (Å²) in [6.07, 6.45) is 0.244. The Kier molecular flexibility index (Phi) is 5.61. The van der Waals surface area contributed by atoms with Crippen molar-refractivity contribution in [1.82, 2.24) is 4.98 Å². The van der Waals surface area contributed by atoms with Crippen molar-refractivity contribution in [3.05, 3.63) is 35.3 Å². The Labute approximate surface area is 127 Å². The van der Waals surface area contributed by atoms with Crippen LogP contribution in [0.1, 0.15) is 19.5 Å². The molecule has 1 heterocycles. The summed E-state index contributed by atoms with van der Waals surface area (Å²) in [6.45, 7) is 4.35. The highest BCUT2D eigenvalue weighted by Crippen LogP contribution is 2.26. The zero-order chi connectivity index (χ0) is 14.4. The lowest BCUT2D eigenvalue weighted by molar-refractivity contribution is -0.142. The summed E-state index contributed by atoms with van der Waals surface area (Å²) < 4.78 is 4.93. The monoisotopic (exact) mass is 307 g/mol. The van der Waals surface area contributed by atoms with Crippen LogP contribution in [0.3, 0.4) is 0 Å². The number of rotatable bonds is 6. The van der Waals surface area contributed by atoms with Gasteiger partial charge in [0, 0.05) is 15.8 Å². The third kappa shape index (κ3) is 4.08. The Morgan fingerprint density at radius 1 is 1.30 bits per heavy atom. The third-order valence-electron chi connectivity index (χ3n) is 2.59. The first-order valence-corrected chi connectivity index (χ1v) is 8.42. The molecule has 0 aliphatic rings. The standard InChI is InChI=1S/C15H17NO2S2/c1-3-18-14(17)9-12-10-20-15(16-12)11-5-7-13(8-6-11)19-4-2/h5-8,10H,3-4,9H2,1-2H3. The quantitative estimate of drug-likeness (QED) is 0.597. The summed E-state index contributed by atoms with van der Waals surface area (Å²) in [5.74, 6) is 0.847. The van der Waals surface area contributed by atoms with E-state index in [0.29, 0.717) is 6.61 Å². The number of nitrogens with zero attached hydrogens (tertiary/aromatic N) is 1. The Hall–Kier alpha value is -1.33. The Morgan fingerprint density at radius 2 is 2.05 bits per heavy atom. The highest BCUT2D eigenvalue weighted by Gasteiger charge is 2.09. The predicted molar refractivity (Wildman–Crippen MR) is 84.3 cm³/mol. The molecule has 3 nitrogen and oxygen atoms in total. The zero-order valence-electron chi connectivity index (χ0n) is 11.6. The molecule has 5 heteroatoms. The Balaban J connectivity index is 2.06. The summed E-state index contributed by atoms with van der Waals surface area (Å²) >= 11 is 3.38. The molecule has 0 unspecified atom stereocenters. The van der Waals surface area contributed by atoms with Gasteiger partial charge in [0.15, 0.2) is 0 Å². The molecule has 0 radical (unpaired) electrons. The fourth-order valence-electron chi connectivity index (χ4n) is 1.74. The molecule has 1 aromatic heterocycles. The maximum Gasteiger partial charge on any atom is 0.311 e. The van der Waals surface area contributed by atoms with Gasteiger partial charge in [-0.05, 0) is 24.8 Å². The Bertz CT molecular complexity index is 564. The maximum absolute atomic E-state index is 11.4. The van der Waals surface area contributed by atoms with Gasteiger partial charge in [-0.2, -0.15) is 0 Å². The van der Waals surface area contributed by atoms with E-state index in [1.54, 1.807) is 18.3 Å². The molecule has 0 aliphatic heterocycles. The average Bonchev–Trinajstić information content (AvgIpc) is 2.88. The number of thiazole rings is 1. The van der Waals surface area contributed by atoms with Crippen molar-refractivity contribution >= 4 is 29.1 Å². The Morgan fingerprint density at radius 3 is 2.70 bits per heavy atom. The van der Waals surface area contributed by atoms with Crippen LogP contribution in [0.4, 0.5) is 0 Å². The van der Waals surface area contributed by atoms with Crippen molar-refractivity contribution in [3.8, 4) is 10.6 Å². The topological polar surface area (TPSA) is 39.2 Å². The molecule has 0 saturated carbocycles. The molecule has 0 atom stereocenters. The van der Waals surface area contributed by atoms with Crippen LogP contribution in [0, 0.1) is 0 Å². The first-order valence-electron chi connectivity index (χ1n) is 6.56. The van der Waals surface area contributed by atoms with Gasteiger partial charge in [0.2, 0.25) is 0 Å². The number of hydrogen-bond acceptors (Lipinski definition) is 5. The summed E-state index contributed by atoms with van der Waals surface area (Å²) in [7, 11) is 0. The smallest absolute Gasteiger partial charge is 0.311 e. The fourth-order valence-corrected chi connectivity index (χ4v) is 3.23. The van der Waals surface area contributed by atoms with Crippen molar-refractivity contribution in [2.45, 2.75) is 25.2 Å². The summed E-state index contributed by atoms with van der Waals surface area (Å²) in [6, 6.07) is 8.36. The lowest BCUT2D eigenvalue weighted by atomic mass is 10.2. The fraction of sp³-hybridized carbons (Fsp3) is 0.333. The van der Waals surface area contributed by atoms with Crippen LogP contribution in [0.15, 0.2) is 34.5 Å². The number of thioether (sulfide) groups is 1. The minimum Gasteiger partial charge on any atom is -0.466 e. The van der Waals surface area contributed by atoms with Crippen molar-refractivity contribution in [2.75, 3.05) is 12.4 Å². The number of carbonyl (C=O) groups excluding carboxylic acids is 1. The van der Waals surface area contributed by atoms with E-state index in [4.69, 9.17) is 4.74 Å². The van der Waals surface area contributed by atoms with Crippen LogP contribution < -0.4 is 0 Å². The number of esters is 1. The van der Waals surface area contributed by atoms with Crippen molar-refractivity contribution in [3.63, 3.8) is 0 Å². The van der Waals surface area contributed by atoms with Crippen LogP contribution >= 0.6 is 23.1 Å². The molecule has 20 heavy (non-hydrogen) atoms. The molecule has 2 aromatic rings. The van der Waals surface area contributed by atoms with Gasteiger partial charge in [0.05, 0.1) is 18.7 Å². The minimum absolute atomic E-state index is 0.223. The summed E-state index contributed by atoms with van der Waals surface area (Å²) in [4.78, 5) is 17.2. The maximum atomic E-state index is 11.4. The van der Waals surface area contributed by atoms with Gasteiger partial charge in [-0.3, -0.25) is 4.79 Å². The van der Waals surface area contributed by atoms with E-state index in [1.807, 2.05) is 17.1 Å². The van der Waals surface area contributed by atoms with E-state index in [1.165, 1.54) is 4.90 Å². The lowest BCUT2D eigenvalue weighted by Gasteiger charge is -2.00. The van der Waals surface area contributed by atoms with Crippen LogP contribution in [-0.4, -0.2) is 23.3 Å². The van der Waals surface area contributed by atoms with Crippen LogP contribution in [0.5, 0.6) is 0 Å². The van der Waals surface area contributed by atoms with Crippen LogP contribution in [0.2, 0.25) is 0 Å². The lowest BCUT2D eigenvalue weighted by Crippen LogP contribution is -2.07. The number of hydrogen-bond donors (Lipinski definition) is 0. The van der Waals surface area contributed by atoms with E-state index in [0.717, 1.165) is 22.0 Å². The largest absolute Gasteiger partial charge is 0.466 e. The third-order valence-corrected chi connectivity index (χ3v) is 4.43. The SMILES string of the molecule is CCOC(=O)Cc1csc(-c2ccc(SCC)cc2)n1. The van der Waals surface area contributed by atoms with Gasteiger partial charge < -0.3 is 4.74 Å². The van der Waals surface area contributed by atoms with Crippen LogP contribution in [0.25, 0.3) is 10.6 Å². The van der Waals surface area contributed by atoms with Crippen LogP contribution in [-0.2, 0) is 16.0 Å². The van der Waals surface area contributed by atoms with Crippen molar-refractivity contribution in [1.29, 1.82) is 0 Å². The molecule has 0 spiro atoms.